The maximum absolute atomic E-state index is 15.0. The summed E-state index contributed by atoms with van der Waals surface area (Å²) in [4.78, 5) is 32.1. The van der Waals surface area contributed by atoms with E-state index in [4.69, 9.17) is 4.74 Å². The van der Waals surface area contributed by atoms with Crippen LogP contribution in [0.15, 0.2) is 46.1 Å². The van der Waals surface area contributed by atoms with Crippen LogP contribution < -0.4 is 21.4 Å². The zero-order chi connectivity index (χ0) is 29.6. The Kier molecular flexibility index (Phi) is 7.32. The molecular formula is C28H28F4N6O3. The molecule has 0 saturated carbocycles. The third-order valence-corrected chi connectivity index (χ3v) is 7.15. The third kappa shape index (κ3) is 5.17. The number of rotatable bonds is 5. The molecule has 0 amide bonds. The molecule has 0 radical (unpaired) electrons. The Bertz CT molecular complexity index is 1760. The number of morpholine rings is 1. The van der Waals surface area contributed by atoms with Crippen molar-refractivity contribution in [2.45, 2.75) is 33.0 Å². The van der Waals surface area contributed by atoms with Gasteiger partial charge in [0.1, 0.15) is 5.82 Å². The van der Waals surface area contributed by atoms with Crippen molar-refractivity contribution in [3.63, 3.8) is 0 Å². The zero-order valence-electron chi connectivity index (χ0n) is 22.8. The molecule has 0 bridgehead atoms. The Morgan fingerprint density at radius 1 is 1.05 bits per heavy atom. The van der Waals surface area contributed by atoms with Gasteiger partial charge in [-0.2, -0.15) is 18.3 Å². The number of nitrogens with one attached hydrogen (secondary N) is 1. The molecule has 3 aromatic heterocycles. The number of aryl methyl sites for hydroxylation is 3. The van der Waals surface area contributed by atoms with Crippen LogP contribution >= 0.6 is 0 Å². The van der Waals surface area contributed by atoms with Gasteiger partial charge >= 0.3 is 6.18 Å². The Morgan fingerprint density at radius 3 is 2.41 bits per heavy atom. The molecule has 4 aromatic rings. The van der Waals surface area contributed by atoms with Crippen molar-refractivity contribution < 1.29 is 22.3 Å². The summed E-state index contributed by atoms with van der Waals surface area (Å²) in [5.41, 5.74) is -0.771. The minimum Gasteiger partial charge on any atom is -0.378 e. The highest BCUT2D eigenvalue weighted by molar-refractivity contribution is 6.00. The Labute approximate surface area is 232 Å². The standard InChI is InChI=1S/C28H28F4N6O3/c1-15-8-9-18(16(2)33-15)22-23-20(14-38(27(22)40)37-10-12-41-13-11-37)25(35-36(4)26(23)39)34-17(3)19-6-5-7-21(24(19)29)28(30,31)32/h5-9,14,17H,10-13H2,1-4H3,(H,34,35)/t17-/m1/s1. The molecule has 1 fully saturated rings. The van der Waals surface area contributed by atoms with Crippen LogP contribution in [0.5, 0.6) is 0 Å². The Balaban J connectivity index is 1.76. The molecule has 1 aliphatic rings. The highest BCUT2D eigenvalue weighted by atomic mass is 19.4. The molecule has 1 aromatic carbocycles. The fraction of sp³-hybridized carbons (Fsp3) is 0.357. The average Bonchev–Trinajstić information content (AvgIpc) is 2.91. The fourth-order valence-electron chi connectivity index (χ4n) is 5.09. The summed E-state index contributed by atoms with van der Waals surface area (Å²) in [6.45, 7) is 6.62. The molecule has 216 valence electrons. The maximum atomic E-state index is 15.0. The van der Waals surface area contributed by atoms with Crippen molar-refractivity contribution in [3.05, 3.63) is 85.6 Å². The highest BCUT2D eigenvalue weighted by Crippen LogP contribution is 2.35. The van der Waals surface area contributed by atoms with Crippen LogP contribution in [0.25, 0.3) is 21.9 Å². The summed E-state index contributed by atoms with van der Waals surface area (Å²) in [6.07, 6.45) is -3.39. The van der Waals surface area contributed by atoms with Gasteiger partial charge in [-0.15, -0.1) is 0 Å². The number of aromatic nitrogens is 4. The molecule has 1 saturated heterocycles. The largest absolute Gasteiger partial charge is 0.419 e. The number of halogens is 4. The second-order valence-corrected chi connectivity index (χ2v) is 9.94. The molecule has 0 spiro atoms. The van der Waals surface area contributed by atoms with Crippen LogP contribution in [0.2, 0.25) is 0 Å². The topological polar surface area (TPSA) is 94.3 Å². The van der Waals surface area contributed by atoms with Crippen molar-refractivity contribution in [2.24, 2.45) is 7.05 Å². The molecule has 5 rings (SSSR count). The lowest BCUT2D eigenvalue weighted by molar-refractivity contribution is -0.140. The van der Waals surface area contributed by atoms with E-state index in [2.05, 4.69) is 15.4 Å². The number of pyridine rings is 2. The lowest BCUT2D eigenvalue weighted by Gasteiger charge is -2.31. The Morgan fingerprint density at radius 2 is 1.76 bits per heavy atom. The molecule has 1 atom stereocenters. The van der Waals surface area contributed by atoms with Crippen molar-refractivity contribution in [1.82, 2.24) is 19.4 Å². The van der Waals surface area contributed by atoms with E-state index in [0.717, 1.165) is 16.4 Å². The van der Waals surface area contributed by atoms with E-state index in [-0.39, 0.29) is 27.7 Å². The van der Waals surface area contributed by atoms with Crippen molar-refractivity contribution in [1.29, 1.82) is 0 Å². The van der Waals surface area contributed by atoms with E-state index in [1.165, 1.54) is 30.9 Å². The maximum Gasteiger partial charge on any atom is 0.419 e. The first-order chi connectivity index (χ1) is 19.4. The van der Waals surface area contributed by atoms with E-state index in [9.17, 15) is 27.2 Å². The number of benzene rings is 1. The van der Waals surface area contributed by atoms with Gasteiger partial charge in [-0.1, -0.05) is 18.2 Å². The van der Waals surface area contributed by atoms with Crippen LogP contribution in [0.3, 0.4) is 0 Å². The second kappa shape index (κ2) is 10.6. The summed E-state index contributed by atoms with van der Waals surface area (Å²) in [5, 5.41) is 9.40. The van der Waals surface area contributed by atoms with Gasteiger partial charge < -0.3 is 15.1 Å². The molecule has 1 aliphatic heterocycles. The minimum atomic E-state index is -4.87. The average molecular weight is 573 g/mol. The summed E-state index contributed by atoms with van der Waals surface area (Å²) in [6, 6.07) is 5.54. The molecule has 0 aliphatic carbocycles. The van der Waals surface area contributed by atoms with E-state index in [1.54, 1.807) is 24.1 Å². The zero-order valence-corrected chi connectivity index (χ0v) is 22.8. The van der Waals surface area contributed by atoms with Gasteiger partial charge in [-0.05, 0) is 32.9 Å². The summed E-state index contributed by atoms with van der Waals surface area (Å²) >= 11 is 0. The number of anilines is 1. The number of ether oxygens (including phenoxy) is 1. The van der Waals surface area contributed by atoms with Gasteiger partial charge in [-0.3, -0.25) is 14.6 Å². The van der Waals surface area contributed by atoms with Gasteiger partial charge in [-0.25, -0.2) is 13.7 Å². The molecule has 4 heterocycles. The number of alkyl halides is 3. The first kappa shape index (κ1) is 28.3. The number of hydrogen-bond donors (Lipinski definition) is 1. The molecule has 41 heavy (non-hydrogen) atoms. The van der Waals surface area contributed by atoms with E-state index in [0.29, 0.717) is 43.6 Å². The van der Waals surface area contributed by atoms with Crippen LogP contribution in [-0.4, -0.2) is 45.7 Å². The normalized spacial score (nSPS) is 14.9. The van der Waals surface area contributed by atoms with Crippen molar-refractivity contribution in [3.8, 4) is 11.1 Å². The van der Waals surface area contributed by atoms with Gasteiger partial charge in [0.15, 0.2) is 5.82 Å². The summed E-state index contributed by atoms with van der Waals surface area (Å²) in [7, 11) is 1.40. The quantitative estimate of drug-likeness (QED) is 0.361. The second-order valence-electron chi connectivity index (χ2n) is 9.94. The lowest BCUT2D eigenvalue weighted by Crippen LogP contribution is -2.49. The third-order valence-electron chi connectivity index (χ3n) is 7.15. The molecule has 9 nitrogen and oxygen atoms in total. The van der Waals surface area contributed by atoms with Crippen LogP contribution in [-0.2, 0) is 18.0 Å². The highest BCUT2D eigenvalue weighted by Gasteiger charge is 2.35. The van der Waals surface area contributed by atoms with Gasteiger partial charge in [0.2, 0.25) is 0 Å². The number of hydrogen-bond acceptors (Lipinski definition) is 7. The lowest BCUT2D eigenvalue weighted by atomic mass is 10.00. The SMILES string of the molecule is Cc1ccc(-c2c(=O)n(N3CCOCC3)cc3c(N[C@H](C)c4cccc(C(F)(F)F)c4F)nn(C)c(=O)c23)c(C)n1. The van der Waals surface area contributed by atoms with Crippen LogP contribution in [0.1, 0.15) is 35.5 Å². The first-order valence-electron chi connectivity index (χ1n) is 12.9. The van der Waals surface area contributed by atoms with Gasteiger partial charge in [0.25, 0.3) is 11.1 Å². The predicted octanol–water partition coefficient (Wildman–Crippen LogP) is 4.07. The first-order valence-corrected chi connectivity index (χ1v) is 12.9. The smallest absolute Gasteiger partial charge is 0.378 e. The van der Waals surface area contributed by atoms with E-state index < -0.39 is 34.7 Å². The fourth-order valence-corrected chi connectivity index (χ4v) is 5.09. The van der Waals surface area contributed by atoms with Gasteiger partial charge in [0.05, 0.1) is 54.2 Å². The molecular weight excluding hydrogens is 544 g/mol. The molecule has 1 N–H and O–H groups in total. The van der Waals surface area contributed by atoms with Crippen LogP contribution in [0, 0.1) is 19.7 Å². The monoisotopic (exact) mass is 572 g/mol. The van der Waals surface area contributed by atoms with Crippen molar-refractivity contribution >= 4 is 16.6 Å². The number of nitrogens with zero attached hydrogens (tertiary/aromatic N) is 5. The van der Waals surface area contributed by atoms with E-state index >= 15 is 0 Å². The van der Waals surface area contributed by atoms with Crippen LogP contribution in [0.4, 0.5) is 23.4 Å². The van der Waals surface area contributed by atoms with Crippen molar-refractivity contribution in [2.75, 3.05) is 36.6 Å². The molecule has 0 unspecified atom stereocenters. The minimum absolute atomic E-state index is 0.0602. The Hall–Kier alpha value is -4.26. The predicted molar refractivity (Wildman–Crippen MR) is 146 cm³/mol. The van der Waals surface area contributed by atoms with Gasteiger partial charge in [0, 0.05) is 35.8 Å². The summed E-state index contributed by atoms with van der Waals surface area (Å²) < 4.78 is 63.0. The molecule has 13 heteroatoms. The van der Waals surface area contributed by atoms with E-state index in [1.807, 2.05) is 6.92 Å². The summed E-state index contributed by atoms with van der Waals surface area (Å²) in [5.74, 6) is -1.31. The number of fused-ring (bicyclic) bond motifs is 1.